The van der Waals surface area contributed by atoms with Gasteiger partial charge in [0, 0.05) is 0 Å². The molecule has 3 atom stereocenters. The first-order valence-corrected chi connectivity index (χ1v) is 21.2. The normalized spacial score (nSPS) is 13.9. The number of unbranched alkanes of at least 4 members (excludes halogenated alkanes) is 27. The Balaban J connectivity index is 3.63. The van der Waals surface area contributed by atoms with Gasteiger partial charge < -0.3 is 20.6 Å². The van der Waals surface area contributed by atoms with E-state index >= 15 is 0 Å². The molecule has 0 aliphatic carbocycles. The number of carbonyl (C=O) groups is 1. The molecule has 0 bridgehead atoms. The van der Waals surface area contributed by atoms with Gasteiger partial charge in [-0.2, -0.15) is 0 Å². The van der Waals surface area contributed by atoms with E-state index in [9.17, 15) is 20.1 Å². The highest BCUT2D eigenvalue weighted by Gasteiger charge is 2.23. The molecule has 5 heteroatoms. The van der Waals surface area contributed by atoms with E-state index < -0.39 is 24.2 Å². The Bertz CT molecular complexity index is 709. The topological polar surface area (TPSA) is 89.8 Å². The molecule has 0 heterocycles. The van der Waals surface area contributed by atoms with Crippen LogP contribution in [0.25, 0.3) is 0 Å². The van der Waals surface area contributed by atoms with Crippen molar-refractivity contribution in [2.24, 2.45) is 0 Å². The van der Waals surface area contributed by atoms with Crippen molar-refractivity contribution in [1.82, 2.24) is 5.32 Å². The molecule has 284 valence electrons. The Morgan fingerprint density at radius 1 is 0.500 bits per heavy atom. The highest BCUT2D eigenvalue weighted by Crippen LogP contribution is 2.16. The van der Waals surface area contributed by atoms with E-state index in [0.29, 0.717) is 12.8 Å². The zero-order valence-corrected chi connectivity index (χ0v) is 32.1. The number of rotatable bonds is 38. The molecule has 48 heavy (non-hydrogen) atoms. The largest absolute Gasteiger partial charge is 0.394 e. The summed E-state index contributed by atoms with van der Waals surface area (Å²) < 4.78 is 0. The molecule has 5 nitrogen and oxygen atoms in total. The lowest BCUT2D eigenvalue weighted by atomic mass is 10.0. The summed E-state index contributed by atoms with van der Waals surface area (Å²) >= 11 is 0. The minimum absolute atomic E-state index is 0.318. The molecule has 0 aromatic carbocycles. The molecular formula is C43H83NO4. The van der Waals surface area contributed by atoms with Crippen LogP contribution in [0.3, 0.4) is 0 Å². The van der Waals surface area contributed by atoms with E-state index in [4.69, 9.17) is 0 Å². The van der Waals surface area contributed by atoms with Gasteiger partial charge in [0.2, 0.25) is 5.91 Å². The molecule has 1 amide bonds. The van der Waals surface area contributed by atoms with Gasteiger partial charge in [0.1, 0.15) is 6.10 Å². The zero-order chi connectivity index (χ0) is 35.2. The molecule has 0 saturated heterocycles. The van der Waals surface area contributed by atoms with Crippen molar-refractivity contribution in [2.75, 3.05) is 6.61 Å². The monoisotopic (exact) mass is 678 g/mol. The number of hydrogen-bond acceptors (Lipinski definition) is 4. The van der Waals surface area contributed by atoms with Gasteiger partial charge >= 0.3 is 0 Å². The summed E-state index contributed by atoms with van der Waals surface area (Å²) in [4.78, 5) is 12.4. The average Bonchev–Trinajstić information content (AvgIpc) is 3.09. The van der Waals surface area contributed by atoms with E-state index in [1.54, 1.807) is 0 Å². The van der Waals surface area contributed by atoms with Crippen molar-refractivity contribution in [3.8, 4) is 0 Å². The molecule has 4 N–H and O–H groups in total. The van der Waals surface area contributed by atoms with Crippen LogP contribution in [-0.2, 0) is 4.79 Å². The van der Waals surface area contributed by atoms with Gasteiger partial charge in [-0.15, -0.1) is 0 Å². The summed E-state index contributed by atoms with van der Waals surface area (Å²) in [5, 5.41) is 33.2. The Morgan fingerprint density at radius 2 is 0.833 bits per heavy atom. The van der Waals surface area contributed by atoms with Crippen molar-refractivity contribution >= 4 is 5.91 Å². The minimum Gasteiger partial charge on any atom is -0.394 e. The van der Waals surface area contributed by atoms with Crippen LogP contribution < -0.4 is 5.32 Å². The molecule has 0 aromatic rings. The number of hydrogen-bond donors (Lipinski definition) is 4. The first-order valence-electron chi connectivity index (χ1n) is 21.2. The lowest BCUT2D eigenvalue weighted by Gasteiger charge is -2.23. The van der Waals surface area contributed by atoms with Gasteiger partial charge in [0.25, 0.3) is 0 Å². The molecule has 0 rings (SSSR count). The molecule has 0 radical (unpaired) electrons. The lowest BCUT2D eigenvalue weighted by Crippen LogP contribution is -2.49. The van der Waals surface area contributed by atoms with Crippen LogP contribution in [0.5, 0.6) is 0 Å². The molecule has 0 saturated carbocycles. The number of carbonyl (C=O) groups excluding carboxylic acids is 1. The summed E-state index contributed by atoms with van der Waals surface area (Å²) in [5.74, 6) is -0.482. The molecule has 0 spiro atoms. The second-order valence-corrected chi connectivity index (χ2v) is 14.6. The Labute approximate surface area is 299 Å². The highest BCUT2D eigenvalue weighted by molar-refractivity contribution is 5.80. The van der Waals surface area contributed by atoms with Crippen molar-refractivity contribution in [2.45, 2.75) is 238 Å². The van der Waals surface area contributed by atoms with Gasteiger partial charge in [0.15, 0.2) is 0 Å². The van der Waals surface area contributed by atoms with E-state index in [2.05, 4.69) is 43.5 Å². The summed E-state index contributed by atoms with van der Waals surface area (Å²) in [6, 6.07) is -0.716. The number of aliphatic hydroxyl groups is 3. The summed E-state index contributed by atoms with van der Waals surface area (Å²) in [7, 11) is 0. The highest BCUT2D eigenvalue weighted by atomic mass is 16.3. The fourth-order valence-corrected chi connectivity index (χ4v) is 6.48. The third kappa shape index (κ3) is 33.3. The van der Waals surface area contributed by atoms with Crippen LogP contribution in [0, 0.1) is 0 Å². The Morgan fingerprint density at radius 3 is 1.25 bits per heavy atom. The number of amides is 1. The van der Waals surface area contributed by atoms with Crippen molar-refractivity contribution in [3.05, 3.63) is 24.3 Å². The van der Waals surface area contributed by atoms with E-state index in [1.807, 2.05) is 0 Å². The molecule has 3 unspecified atom stereocenters. The maximum atomic E-state index is 12.4. The van der Waals surface area contributed by atoms with Gasteiger partial charge in [-0.3, -0.25) is 4.79 Å². The van der Waals surface area contributed by atoms with Gasteiger partial charge in [-0.1, -0.05) is 205 Å². The van der Waals surface area contributed by atoms with Crippen LogP contribution in [-0.4, -0.2) is 46.1 Å². The van der Waals surface area contributed by atoms with Crippen LogP contribution in [0.2, 0.25) is 0 Å². The number of nitrogens with one attached hydrogen (secondary N) is 1. The third-order valence-electron chi connectivity index (χ3n) is 9.85. The maximum Gasteiger partial charge on any atom is 0.249 e. The van der Waals surface area contributed by atoms with Gasteiger partial charge in [-0.05, 0) is 38.5 Å². The van der Waals surface area contributed by atoms with Crippen molar-refractivity contribution < 1.29 is 20.1 Å². The second-order valence-electron chi connectivity index (χ2n) is 14.6. The van der Waals surface area contributed by atoms with Crippen LogP contribution in [0.15, 0.2) is 24.3 Å². The predicted molar refractivity (Wildman–Crippen MR) is 208 cm³/mol. The fraction of sp³-hybridized carbons (Fsp3) is 0.884. The number of allylic oxidation sites excluding steroid dienone is 4. The fourth-order valence-electron chi connectivity index (χ4n) is 6.48. The van der Waals surface area contributed by atoms with E-state index in [1.165, 1.54) is 148 Å². The predicted octanol–water partition coefficient (Wildman–Crippen LogP) is 11.8. The summed E-state index contributed by atoms with van der Waals surface area (Å²) in [6.07, 6.45) is 46.0. The third-order valence-corrected chi connectivity index (χ3v) is 9.85. The SMILES string of the molecule is CCCCC/C=C\C=C/CCCCCCCC(O)C(=O)NC(CO)C(O)CCCCCCCCCCCCCCCCCCCCCC. The van der Waals surface area contributed by atoms with Gasteiger partial charge in [-0.25, -0.2) is 0 Å². The molecule has 0 aliphatic rings. The van der Waals surface area contributed by atoms with Gasteiger partial charge in [0.05, 0.1) is 18.8 Å². The standard InChI is InChI=1S/C43H83NO4/c1-3-5-7-9-11-13-15-17-19-20-21-22-23-24-26-27-29-31-33-35-37-41(46)40(39-45)44-43(48)42(47)38-36-34-32-30-28-25-18-16-14-12-10-8-6-4-2/h12,14,16,18,40-42,45-47H,3-11,13,15,17,19-39H2,1-2H3,(H,44,48)/b14-12-,18-16-. The number of aliphatic hydroxyl groups excluding tert-OH is 3. The average molecular weight is 678 g/mol. The minimum atomic E-state index is -1.09. The molecule has 0 aromatic heterocycles. The van der Waals surface area contributed by atoms with Crippen molar-refractivity contribution in [1.29, 1.82) is 0 Å². The van der Waals surface area contributed by atoms with E-state index in [0.717, 1.165) is 44.9 Å². The Hall–Kier alpha value is -1.17. The molecular weight excluding hydrogens is 594 g/mol. The van der Waals surface area contributed by atoms with Crippen LogP contribution >= 0.6 is 0 Å². The first kappa shape index (κ1) is 46.8. The maximum absolute atomic E-state index is 12.4. The first-order chi connectivity index (χ1) is 23.6. The van der Waals surface area contributed by atoms with Crippen molar-refractivity contribution in [3.63, 3.8) is 0 Å². The van der Waals surface area contributed by atoms with E-state index in [-0.39, 0.29) is 6.61 Å². The second kappa shape index (κ2) is 38.6. The van der Waals surface area contributed by atoms with Crippen LogP contribution in [0.1, 0.15) is 219 Å². The summed E-state index contributed by atoms with van der Waals surface area (Å²) in [5.41, 5.74) is 0. The van der Waals surface area contributed by atoms with Crippen LogP contribution in [0.4, 0.5) is 0 Å². The molecule has 0 aliphatic heterocycles. The Kier molecular flexibility index (Phi) is 37.7. The smallest absolute Gasteiger partial charge is 0.249 e. The lowest BCUT2D eigenvalue weighted by molar-refractivity contribution is -0.131. The quantitative estimate of drug-likeness (QED) is 0.0387. The zero-order valence-electron chi connectivity index (χ0n) is 32.1. The summed E-state index contributed by atoms with van der Waals surface area (Å²) in [6.45, 7) is 4.20. The molecule has 0 fully saturated rings.